The number of carboxylic acid groups (broad SMARTS) is 1. The van der Waals surface area contributed by atoms with Crippen molar-refractivity contribution in [3.63, 3.8) is 0 Å². The lowest BCUT2D eigenvalue weighted by Crippen LogP contribution is -2.81. The van der Waals surface area contributed by atoms with Crippen molar-refractivity contribution in [1.29, 1.82) is 0 Å². The summed E-state index contributed by atoms with van der Waals surface area (Å²) in [7, 11) is 0. The molecule has 1 aromatic carbocycles. The second kappa shape index (κ2) is 5.73. The number of hydrogen-bond acceptors (Lipinski definition) is 3. The summed E-state index contributed by atoms with van der Waals surface area (Å²) in [5.41, 5.74) is -0.395. The van der Waals surface area contributed by atoms with Gasteiger partial charge in [0.25, 0.3) is 0 Å². The fourth-order valence-corrected chi connectivity index (χ4v) is 5.54. The Labute approximate surface area is 160 Å². The third-order valence-corrected chi connectivity index (χ3v) is 7.00. The quantitative estimate of drug-likeness (QED) is 0.821. The minimum absolute atomic E-state index is 0.117. The fourth-order valence-electron chi connectivity index (χ4n) is 5.54. The maximum absolute atomic E-state index is 13.0. The average Bonchev–Trinajstić information content (AvgIpc) is 2.44. The normalized spacial score (nSPS) is 30.3. The van der Waals surface area contributed by atoms with E-state index in [2.05, 4.69) is 0 Å². The van der Waals surface area contributed by atoms with E-state index in [1.54, 1.807) is 0 Å². The van der Waals surface area contributed by atoms with Crippen LogP contribution in [0, 0.1) is 10.8 Å². The van der Waals surface area contributed by atoms with Gasteiger partial charge in [-0.1, -0.05) is 36.8 Å². The van der Waals surface area contributed by atoms with Gasteiger partial charge in [0, 0.05) is 12.1 Å². The molecule has 4 saturated carbocycles. The highest BCUT2D eigenvalue weighted by Gasteiger charge is 2.80. The number of rotatable bonds is 5. The van der Waals surface area contributed by atoms with Gasteiger partial charge in [0.1, 0.15) is 5.60 Å². The Kier molecular flexibility index (Phi) is 3.89. The largest absolute Gasteiger partial charge is 0.481 e. The first kappa shape index (κ1) is 18.3. The standard InChI is InChI=1S/C22H29NO4/c1-19(2,3)27-18(26)23(12-16-8-5-4-6-9-16)21-13-20(14-21,15-21)22(17(24)25)10-7-11-22/h4-6,8-9H,7,10-15H2,1-3H3,(H,24,25). The zero-order chi connectivity index (χ0) is 19.5. The molecule has 0 aromatic heterocycles. The number of aliphatic carboxylic acids is 1. The van der Waals surface area contributed by atoms with Gasteiger partial charge in [0.15, 0.2) is 0 Å². The van der Waals surface area contributed by atoms with Gasteiger partial charge >= 0.3 is 12.1 Å². The number of carboxylic acids is 1. The van der Waals surface area contributed by atoms with Gasteiger partial charge in [-0.3, -0.25) is 9.69 Å². The van der Waals surface area contributed by atoms with E-state index >= 15 is 0 Å². The second-order valence-electron chi connectivity index (χ2n) is 9.83. The molecule has 2 bridgehead atoms. The fraction of sp³-hybridized carbons (Fsp3) is 0.636. The lowest BCUT2D eigenvalue weighted by atomic mass is 9.28. The highest BCUT2D eigenvalue weighted by molar-refractivity contribution is 5.79. The van der Waals surface area contributed by atoms with Crippen molar-refractivity contribution in [3.8, 4) is 0 Å². The van der Waals surface area contributed by atoms with Crippen molar-refractivity contribution in [1.82, 2.24) is 4.90 Å². The number of hydrogen-bond donors (Lipinski definition) is 1. The number of amides is 1. The molecule has 5 heteroatoms. The lowest BCUT2D eigenvalue weighted by Gasteiger charge is -2.79. The zero-order valence-electron chi connectivity index (χ0n) is 16.5. The van der Waals surface area contributed by atoms with Gasteiger partial charge in [-0.2, -0.15) is 0 Å². The molecule has 0 spiro atoms. The van der Waals surface area contributed by atoms with Gasteiger partial charge in [-0.25, -0.2) is 4.79 Å². The second-order valence-corrected chi connectivity index (χ2v) is 9.83. The van der Waals surface area contributed by atoms with Crippen LogP contribution in [0.1, 0.15) is 64.9 Å². The van der Waals surface area contributed by atoms with Crippen molar-refractivity contribution in [2.24, 2.45) is 10.8 Å². The predicted molar refractivity (Wildman–Crippen MR) is 101 cm³/mol. The Hall–Kier alpha value is -2.04. The van der Waals surface area contributed by atoms with Gasteiger partial charge in [-0.05, 0) is 63.9 Å². The van der Waals surface area contributed by atoms with Crippen molar-refractivity contribution in [2.45, 2.75) is 77.0 Å². The SMILES string of the molecule is CC(C)(C)OC(=O)N(Cc1ccccc1)C12CC(C3(C(=O)O)CCC3)(C1)C2. The molecule has 0 atom stereocenters. The van der Waals surface area contributed by atoms with E-state index in [0.717, 1.165) is 44.1 Å². The minimum atomic E-state index is -0.645. The molecule has 27 heavy (non-hydrogen) atoms. The van der Waals surface area contributed by atoms with Gasteiger partial charge in [0.2, 0.25) is 0 Å². The summed E-state index contributed by atoms with van der Waals surface area (Å²) in [6.07, 6.45) is 4.64. The van der Waals surface area contributed by atoms with Crippen molar-refractivity contribution >= 4 is 12.1 Å². The maximum atomic E-state index is 13.0. The van der Waals surface area contributed by atoms with Crippen LogP contribution in [0.15, 0.2) is 30.3 Å². The van der Waals surface area contributed by atoms with Crippen LogP contribution in [0.5, 0.6) is 0 Å². The maximum Gasteiger partial charge on any atom is 0.411 e. The van der Waals surface area contributed by atoms with Crippen molar-refractivity contribution in [3.05, 3.63) is 35.9 Å². The van der Waals surface area contributed by atoms with Crippen molar-refractivity contribution in [2.75, 3.05) is 0 Å². The molecule has 4 aliphatic rings. The summed E-state index contributed by atoms with van der Waals surface area (Å²) in [5, 5.41) is 9.82. The molecule has 0 saturated heterocycles. The van der Waals surface area contributed by atoms with Crippen molar-refractivity contribution < 1.29 is 19.4 Å². The topological polar surface area (TPSA) is 66.8 Å². The first-order valence-corrected chi connectivity index (χ1v) is 9.90. The Morgan fingerprint density at radius 3 is 2.15 bits per heavy atom. The summed E-state index contributed by atoms with van der Waals surface area (Å²) in [5.74, 6) is -0.645. The van der Waals surface area contributed by atoms with Crippen LogP contribution in [-0.2, 0) is 16.1 Å². The number of benzene rings is 1. The molecule has 5 nitrogen and oxygen atoms in total. The third kappa shape index (κ3) is 2.66. The lowest BCUT2D eigenvalue weighted by molar-refractivity contribution is -0.287. The smallest absolute Gasteiger partial charge is 0.411 e. The minimum Gasteiger partial charge on any atom is -0.481 e. The van der Waals surface area contributed by atoms with Gasteiger partial charge in [0.05, 0.1) is 5.41 Å². The van der Waals surface area contributed by atoms with E-state index in [9.17, 15) is 14.7 Å². The van der Waals surface area contributed by atoms with E-state index in [-0.39, 0.29) is 17.0 Å². The molecule has 1 amide bonds. The molecule has 0 unspecified atom stereocenters. The van der Waals surface area contributed by atoms with Crippen LogP contribution < -0.4 is 0 Å². The van der Waals surface area contributed by atoms with Crippen LogP contribution in [0.3, 0.4) is 0 Å². The Morgan fingerprint density at radius 2 is 1.70 bits per heavy atom. The first-order chi connectivity index (χ1) is 12.6. The summed E-state index contributed by atoms with van der Waals surface area (Å²) >= 11 is 0. The number of carbonyl (C=O) groups is 2. The first-order valence-electron chi connectivity index (χ1n) is 9.90. The highest BCUT2D eigenvalue weighted by Crippen LogP contribution is 2.80. The molecule has 4 fully saturated rings. The Balaban J connectivity index is 1.55. The van der Waals surface area contributed by atoms with E-state index in [0.29, 0.717) is 6.54 Å². The molecule has 0 radical (unpaired) electrons. The molecule has 0 aliphatic heterocycles. The van der Waals surface area contributed by atoms with Gasteiger partial charge < -0.3 is 9.84 Å². The highest BCUT2D eigenvalue weighted by atomic mass is 16.6. The van der Waals surface area contributed by atoms with Crippen LogP contribution in [0.25, 0.3) is 0 Å². The van der Waals surface area contributed by atoms with Crippen LogP contribution in [-0.4, -0.2) is 33.2 Å². The molecule has 1 aromatic rings. The number of nitrogens with zero attached hydrogens (tertiary/aromatic N) is 1. The average molecular weight is 371 g/mol. The van der Waals surface area contributed by atoms with Crippen LogP contribution in [0.4, 0.5) is 4.79 Å². The molecular weight excluding hydrogens is 342 g/mol. The van der Waals surface area contributed by atoms with E-state index in [1.807, 2.05) is 56.0 Å². The predicted octanol–water partition coefficient (Wildman–Crippen LogP) is 4.60. The van der Waals surface area contributed by atoms with Crippen LogP contribution in [0.2, 0.25) is 0 Å². The molecule has 0 heterocycles. The molecular formula is C22H29NO4. The molecule has 146 valence electrons. The molecule has 4 aliphatic carbocycles. The Morgan fingerprint density at radius 1 is 1.11 bits per heavy atom. The zero-order valence-corrected chi connectivity index (χ0v) is 16.5. The third-order valence-electron chi connectivity index (χ3n) is 7.00. The van der Waals surface area contributed by atoms with Gasteiger partial charge in [-0.15, -0.1) is 0 Å². The number of ether oxygens (including phenoxy) is 1. The Bertz CT molecular complexity index is 740. The summed E-state index contributed by atoms with van der Waals surface area (Å²) in [4.78, 5) is 26.8. The molecule has 5 rings (SSSR count). The van der Waals surface area contributed by atoms with E-state index in [1.165, 1.54) is 0 Å². The monoisotopic (exact) mass is 371 g/mol. The van der Waals surface area contributed by atoms with E-state index in [4.69, 9.17) is 4.74 Å². The van der Waals surface area contributed by atoms with Crippen LogP contribution >= 0.6 is 0 Å². The molecule has 1 N–H and O–H groups in total. The summed E-state index contributed by atoms with van der Waals surface area (Å²) in [6, 6.07) is 9.94. The summed E-state index contributed by atoms with van der Waals surface area (Å²) < 4.78 is 5.70. The van der Waals surface area contributed by atoms with E-state index < -0.39 is 17.0 Å². The number of carbonyl (C=O) groups excluding carboxylic acids is 1. The summed E-state index contributed by atoms with van der Waals surface area (Å²) in [6.45, 7) is 6.14.